The highest BCUT2D eigenvalue weighted by atomic mass is 15.0. The van der Waals surface area contributed by atoms with Crippen LogP contribution in [-0.2, 0) is 6.42 Å². The quantitative estimate of drug-likeness (QED) is 0.0854. The van der Waals surface area contributed by atoms with Gasteiger partial charge >= 0.3 is 0 Å². The third-order valence-electron chi connectivity index (χ3n) is 11.2. The number of allylic oxidation sites excluding steroid dienone is 5. The molecule has 2 N–H and O–H groups in total. The van der Waals surface area contributed by atoms with Gasteiger partial charge in [0.05, 0.1) is 0 Å². The van der Waals surface area contributed by atoms with Crippen molar-refractivity contribution in [2.24, 2.45) is 0 Å². The molecular formula is C56H44N4. The van der Waals surface area contributed by atoms with Crippen LogP contribution in [0.1, 0.15) is 35.0 Å². The monoisotopic (exact) mass is 772 g/mol. The van der Waals surface area contributed by atoms with Crippen LogP contribution in [0.25, 0.3) is 89.5 Å². The zero-order valence-corrected chi connectivity index (χ0v) is 33.8. The number of nitrogens with two attached hydrogens (primary N) is 1. The second-order valence-electron chi connectivity index (χ2n) is 14.9. The van der Waals surface area contributed by atoms with Gasteiger partial charge in [0, 0.05) is 22.4 Å². The van der Waals surface area contributed by atoms with E-state index in [9.17, 15) is 0 Å². The largest absolute Gasteiger partial charge is 0.398 e. The molecule has 0 saturated carbocycles. The van der Waals surface area contributed by atoms with E-state index >= 15 is 0 Å². The smallest absolute Gasteiger partial charge is 0.165 e. The number of hydrogen-bond acceptors (Lipinski definition) is 4. The molecule has 0 radical (unpaired) electrons. The Bertz CT molecular complexity index is 3100. The fourth-order valence-corrected chi connectivity index (χ4v) is 8.48. The van der Waals surface area contributed by atoms with E-state index in [0.29, 0.717) is 17.5 Å². The Labute approximate surface area is 351 Å². The van der Waals surface area contributed by atoms with Gasteiger partial charge in [0.2, 0.25) is 0 Å². The van der Waals surface area contributed by atoms with Gasteiger partial charge in [0.1, 0.15) is 0 Å². The van der Waals surface area contributed by atoms with E-state index in [-0.39, 0.29) is 0 Å². The summed E-state index contributed by atoms with van der Waals surface area (Å²) in [6.07, 6.45) is 14.3. The molecule has 0 spiro atoms. The van der Waals surface area contributed by atoms with Crippen molar-refractivity contribution >= 4 is 50.2 Å². The molecule has 60 heavy (non-hydrogen) atoms. The van der Waals surface area contributed by atoms with Gasteiger partial charge in [-0.05, 0) is 104 Å². The molecule has 0 aliphatic rings. The van der Waals surface area contributed by atoms with Crippen LogP contribution in [0.3, 0.4) is 0 Å². The normalized spacial score (nSPS) is 11.8. The molecular weight excluding hydrogens is 729 g/mol. The minimum absolute atomic E-state index is 0.574. The Balaban J connectivity index is 1.36. The molecule has 1 heterocycles. The van der Waals surface area contributed by atoms with E-state index < -0.39 is 0 Å². The summed E-state index contributed by atoms with van der Waals surface area (Å²) in [5, 5.41) is 6.69. The van der Waals surface area contributed by atoms with Crippen molar-refractivity contribution in [1.29, 1.82) is 0 Å². The molecule has 0 amide bonds. The molecule has 288 valence electrons. The first kappa shape index (κ1) is 37.9. The summed E-state index contributed by atoms with van der Waals surface area (Å²) < 4.78 is 0. The van der Waals surface area contributed by atoms with Gasteiger partial charge in [0.25, 0.3) is 0 Å². The summed E-state index contributed by atoms with van der Waals surface area (Å²) >= 11 is 0. The molecule has 8 aromatic carbocycles. The zero-order valence-electron chi connectivity index (χ0n) is 33.8. The maximum absolute atomic E-state index is 7.11. The van der Waals surface area contributed by atoms with Crippen LogP contribution in [-0.4, -0.2) is 15.0 Å². The van der Waals surface area contributed by atoms with Crippen LogP contribution in [0.4, 0.5) is 5.69 Å². The molecule has 9 aromatic rings. The van der Waals surface area contributed by atoms with Crippen LogP contribution in [0, 0.1) is 6.92 Å². The third-order valence-corrected chi connectivity index (χ3v) is 11.2. The lowest BCUT2D eigenvalue weighted by molar-refractivity contribution is 1.05. The number of aromatic nitrogens is 3. The Kier molecular flexibility index (Phi) is 10.5. The average Bonchev–Trinajstić information content (AvgIpc) is 3.29. The van der Waals surface area contributed by atoms with Crippen LogP contribution in [0.5, 0.6) is 0 Å². The van der Waals surface area contributed by atoms with Gasteiger partial charge in [-0.15, -0.1) is 0 Å². The highest BCUT2D eigenvalue weighted by Crippen LogP contribution is 2.48. The second-order valence-corrected chi connectivity index (χ2v) is 14.9. The summed E-state index contributed by atoms with van der Waals surface area (Å²) in [5.41, 5.74) is 19.0. The lowest BCUT2D eigenvalue weighted by Gasteiger charge is -2.22. The van der Waals surface area contributed by atoms with Gasteiger partial charge in [-0.2, -0.15) is 0 Å². The molecule has 0 saturated heterocycles. The molecule has 0 aliphatic carbocycles. The maximum Gasteiger partial charge on any atom is 0.165 e. The van der Waals surface area contributed by atoms with E-state index in [0.717, 1.165) is 72.2 Å². The molecule has 4 heteroatoms. The van der Waals surface area contributed by atoms with Crippen LogP contribution in [0.15, 0.2) is 189 Å². The van der Waals surface area contributed by atoms with Crippen molar-refractivity contribution in [1.82, 2.24) is 15.0 Å². The SMILES string of the molecule is C=C/C=C\C=C\c1nc(-c2ccccc2)nc(-c2c3ccccc3c(-c3cc(Cc4ccccc4)c(-c4ccc(/C=C\C)c(C)c4N)c4ccccc34)c3ccccc23)n1. The zero-order chi connectivity index (χ0) is 41.0. The third kappa shape index (κ3) is 7.09. The Morgan fingerprint density at radius 2 is 1.10 bits per heavy atom. The lowest BCUT2D eigenvalue weighted by atomic mass is 9.81. The maximum atomic E-state index is 7.11. The predicted molar refractivity (Wildman–Crippen MR) is 256 cm³/mol. The number of fused-ring (bicyclic) bond motifs is 3. The van der Waals surface area contributed by atoms with E-state index in [4.69, 9.17) is 20.7 Å². The number of rotatable bonds is 10. The van der Waals surface area contributed by atoms with E-state index in [1.807, 2.05) is 61.6 Å². The van der Waals surface area contributed by atoms with Crippen molar-refractivity contribution in [3.8, 4) is 45.0 Å². The van der Waals surface area contributed by atoms with Gasteiger partial charge in [0.15, 0.2) is 17.5 Å². The van der Waals surface area contributed by atoms with Crippen molar-refractivity contribution in [3.05, 3.63) is 217 Å². The first-order valence-electron chi connectivity index (χ1n) is 20.4. The molecule has 4 nitrogen and oxygen atoms in total. The topological polar surface area (TPSA) is 64.7 Å². The average molecular weight is 773 g/mol. The second kappa shape index (κ2) is 16.7. The summed E-state index contributed by atoms with van der Waals surface area (Å²) in [6, 6.07) is 53.8. The number of hydrogen-bond donors (Lipinski definition) is 1. The molecule has 0 bridgehead atoms. The Hall–Kier alpha value is -7.69. The number of nitrogen functional groups attached to an aromatic ring is 1. The van der Waals surface area contributed by atoms with Crippen LogP contribution in [0.2, 0.25) is 0 Å². The fraction of sp³-hybridized carbons (Fsp3) is 0.0536. The summed E-state index contributed by atoms with van der Waals surface area (Å²) in [4.78, 5) is 15.2. The van der Waals surface area contributed by atoms with Crippen molar-refractivity contribution in [2.45, 2.75) is 20.3 Å². The molecule has 0 atom stereocenters. The standard InChI is InChI=1S/C56H44N4/c1-4-6-7-14-32-50-58-55(40-24-12-9-13-25-40)60-56(59-50)53-46-30-19-17-28-44(46)52(45-29-18-20-31-47(45)53)49-36-41(35-38-22-10-8-11-23-38)51(43-27-16-15-26-42(43)49)48-34-33-39(21-5-2)37(3)54(48)57/h4-34,36H,1,35,57H2,2-3H3/b7-6-,21-5-,32-14+. The minimum Gasteiger partial charge on any atom is -0.398 e. The Morgan fingerprint density at radius 3 is 1.73 bits per heavy atom. The highest BCUT2D eigenvalue weighted by Gasteiger charge is 2.24. The minimum atomic E-state index is 0.574. The molecule has 0 unspecified atom stereocenters. The van der Waals surface area contributed by atoms with Crippen molar-refractivity contribution in [2.75, 3.05) is 5.73 Å². The van der Waals surface area contributed by atoms with E-state index in [1.54, 1.807) is 6.08 Å². The van der Waals surface area contributed by atoms with E-state index in [1.165, 1.54) is 27.8 Å². The number of benzene rings is 8. The van der Waals surface area contributed by atoms with E-state index in [2.05, 4.69) is 147 Å². The van der Waals surface area contributed by atoms with Gasteiger partial charge in [-0.3, -0.25) is 0 Å². The molecule has 9 rings (SSSR count). The number of nitrogens with zero attached hydrogens (tertiary/aromatic N) is 3. The molecule has 0 aliphatic heterocycles. The van der Waals surface area contributed by atoms with Crippen molar-refractivity contribution in [3.63, 3.8) is 0 Å². The summed E-state index contributed by atoms with van der Waals surface area (Å²) in [5.74, 6) is 1.81. The predicted octanol–water partition coefficient (Wildman–Crippen LogP) is 14.3. The van der Waals surface area contributed by atoms with Gasteiger partial charge in [-0.25, -0.2) is 15.0 Å². The van der Waals surface area contributed by atoms with Crippen molar-refractivity contribution < 1.29 is 0 Å². The fourth-order valence-electron chi connectivity index (χ4n) is 8.48. The van der Waals surface area contributed by atoms with Gasteiger partial charge < -0.3 is 5.73 Å². The number of anilines is 1. The van der Waals surface area contributed by atoms with Crippen LogP contribution < -0.4 is 5.73 Å². The summed E-state index contributed by atoms with van der Waals surface area (Å²) in [6.45, 7) is 7.97. The first-order valence-corrected chi connectivity index (χ1v) is 20.4. The molecule has 1 aromatic heterocycles. The molecule has 0 fully saturated rings. The first-order chi connectivity index (χ1) is 29.5. The Morgan fingerprint density at radius 1 is 0.533 bits per heavy atom. The van der Waals surface area contributed by atoms with Crippen LogP contribution >= 0.6 is 0 Å². The summed E-state index contributed by atoms with van der Waals surface area (Å²) in [7, 11) is 0. The van der Waals surface area contributed by atoms with Gasteiger partial charge in [-0.1, -0.05) is 189 Å². The lowest BCUT2D eigenvalue weighted by Crippen LogP contribution is -2.02. The highest BCUT2D eigenvalue weighted by molar-refractivity contribution is 6.24.